The molecule has 29 heavy (non-hydrogen) atoms. The third-order valence-corrected chi connectivity index (χ3v) is 8.14. The van der Waals surface area contributed by atoms with Crippen molar-refractivity contribution in [3.63, 3.8) is 0 Å². The lowest BCUT2D eigenvalue weighted by Crippen LogP contribution is -2.42. The molecule has 2 aliphatic rings. The predicted molar refractivity (Wildman–Crippen MR) is 109 cm³/mol. The van der Waals surface area contributed by atoms with E-state index in [0.29, 0.717) is 38.3 Å². The fraction of sp³-hybridized carbons (Fsp3) is 0.550. The Balaban J connectivity index is 1.44. The van der Waals surface area contributed by atoms with Crippen LogP contribution in [0.5, 0.6) is 0 Å². The average molecular weight is 418 g/mol. The maximum Gasteiger partial charge on any atom is 0.254 e. The highest BCUT2D eigenvalue weighted by Crippen LogP contribution is 2.30. The van der Waals surface area contributed by atoms with Gasteiger partial charge >= 0.3 is 0 Å². The van der Waals surface area contributed by atoms with Crippen LogP contribution in [0.4, 0.5) is 0 Å². The van der Waals surface area contributed by atoms with Gasteiger partial charge in [-0.1, -0.05) is 18.2 Å². The molecule has 0 spiro atoms. The smallest absolute Gasteiger partial charge is 0.254 e. The first-order chi connectivity index (χ1) is 13.9. The second kappa shape index (κ2) is 7.87. The monoisotopic (exact) mass is 417 g/mol. The molecule has 2 aliphatic heterocycles. The molecular formula is C20H27N5O3S. The Hall–Kier alpha value is -2.26. The fourth-order valence-electron chi connectivity index (χ4n) is 4.09. The highest BCUT2D eigenvalue weighted by atomic mass is 32.2. The van der Waals surface area contributed by atoms with Gasteiger partial charge in [-0.25, -0.2) is 12.7 Å². The lowest BCUT2D eigenvalue weighted by atomic mass is 9.97. The standard InChI is InChI=1S/C20H27N5O3S/c1-15(2)29(27,28)24-10-8-16(9-11-24)19-22-21-18-14-23(12-13-25(18)19)20(26)17-6-4-3-5-7-17/h3-7,15-16H,8-14H2,1-2H3. The lowest BCUT2D eigenvalue weighted by molar-refractivity contribution is 0.0705. The molecule has 8 nitrogen and oxygen atoms in total. The van der Waals surface area contributed by atoms with Crippen molar-refractivity contribution in [1.82, 2.24) is 24.0 Å². The van der Waals surface area contributed by atoms with Gasteiger partial charge in [-0.05, 0) is 38.8 Å². The summed E-state index contributed by atoms with van der Waals surface area (Å²) in [6.07, 6.45) is 1.49. The Bertz CT molecular complexity index is 979. The van der Waals surface area contributed by atoms with Crippen molar-refractivity contribution >= 4 is 15.9 Å². The zero-order valence-electron chi connectivity index (χ0n) is 16.9. The first-order valence-corrected chi connectivity index (χ1v) is 11.6. The van der Waals surface area contributed by atoms with E-state index in [-0.39, 0.29) is 11.8 Å². The number of hydrogen-bond acceptors (Lipinski definition) is 5. The highest BCUT2D eigenvalue weighted by Gasteiger charge is 2.34. The van der Waals surface area contributed by atoms with Crippen molar-refractivity contribution in [3.05, 3.63) is 47.5 Å². The molecule has 9 heteroatoms. The summed E-state index contributed by atoms with van der Waals surface area (Å²) in [4.78, 5) is 14.5. The van der Waals surface area contributed by atoms with Gasteiger partial charge in [0.05, 0.1) is 11.8 Å². The number of hydrogen-bond donors (Lipinski definition) is 0. The van der Waals surface area contributed by atoms with Gasteiger partial charge in [0.1, 0.15) is 5.82 Å². The molecular weight excluding hydrogens is 390 g/mol. The molecule has 1 aromatic heterocycles. The summed E-state index contributed by atoms with van der Waals surface area (Å²) in [6, 6.07) is 9.28. The van der Waals surface area contributed by atoms with Gasteiger partial charge in [0.2, 0.25) is 10.0 Å². The third kappa shape index (κ3) is 3.81. The maximum absolute atomic E-state index is 12.7. The van der Waals surface area contributed by atoms with Crippen molar-refractivity contribution in [3.8, 4) is 0 Å². The van der Waals surface area contributed by atoms with E-state index >= 15 is 0 Å². The molecule has 0 N–H and O–H groups in total. The van der Waals surface area contributed by atoms with E-state index in [9.17, 15) is 13.2 Å². The van der Waals surface area contributed by atoms with Crippen LogP contribution in [0.1, 0.15) is 54.6 Å². The van der Waals surface area contributed by atoms with E-state index in [1.54, 1.807) is 23.1 Å². The van der Waals surface area contributed by atoms with Crippen LogP contribution in [0.3, 0.4) is 0 Å². The summed E-state index contributed by atoms with van der Waals surface area (Å²) < 4.78 is 28.5. The zero-order valence-corrected chi connectivity index (χ0v) is 17.7. The molecule has 1 amide bonds. The van der Waals surface area contributed by atoms with Crippen LogP contribution in [0, 0.1) is 0 Å². The molecule has 0 bridgehead atoms. The van der Waals surface area contributed by atoms with E-state index in [4.69, 9.17) is 0 Å². The summed E-state index contributed by atoms with van der Waals surface area (Å²) in [5, 5.41) is 8.36. The number of piperidine rings is 1. The van der Waals surface area contributed by atoms with E-state index in [2.05, 4.69) is 14.8 Å². The number of carbonyl (C=O) groups excluding carboxylic acids is 1. The number of carbonyl (C=O) groups is 1. The third-order valence-electron chi connectivity index (χ3n) is 5.86. The van der Waals surface area contributed by atoms with Gasteiger partial charge in [0, 0.05) is 37.7 Å². The molecule has 2 aromatic rings. The van der Waals surface area contributed by atoms with E-state index in [0.717, 1.165) is 24.5 Å². The highest BCUT2D eigenvalue weighted by molar-refractivity contribution is 7.89. The minimum atomic E-state index is -3.21. The van der Waals surface area contributed by atoms with Gasteiger partial charge in [0.25, 0.3) is 5.91 Å². The largest absolute Gasteiger partial charge is 0.329 e. The molecule has 0 saturated carbocycles. The van der Waals surface area contributed by atoms with Gasteiger partial charge in [-0.15, -0.1) is 10.2 Å². The van der Waals surface area contributed by atoms with Crippen LogP contribution in [0.15, 0.2) is 30.3 Å². The molecule has 156 valence electrons. The predicted octanol–water partition coefficient (Wildman–Crippen LogP) is 1.85. The van der Waals surface area contributed by atoms with Crippen LogP contribution in [0.25, 0.3) is 0 Å². The minimum Gasteiger partial charge on any atom is -0.329 e. The van der Waals surface area contributed by atoms with Gasteiger partial charge in [0.15, 0.2) is 5.82 Å². The normalized spacial score (nSPS) is 18.8. The summed E-state index contributed by atoms with van der Waals surface area (Å²) in [6.45, 7) is 6.21. The van der Waals surface area contributed by atoms with Gasteiger partial charge in [-0.3, -0.25) is 4.79 Å². The SMILES string of the molecule is CC(C)S(=O)(=O)N1CCC(c2nnc3n2CCN(C(=O)c2ccccc2)C3)CC1. The molecule has 1 fully saturated rings. The Morgan fingerprint density at radius 1 is 1.03 bits per heavy atom. The molecule has 0 atom stereocenters. The van der Waals surface area contributed by atoms with E-state index in [1.165, 1.54) is 0 Å². The van der Waals surface area contributed by atoms with E-state index in [1.807, 2.05) is 30.3 Å². The summed E-state index contributed by atoms with van der Waals surface area (Å²) in [7, 11) is -3.21. The van der Waals surface area contributed by atoms with Crippen molar-refractivity contribution in [2.45, 2.75) is 50.9 Å². The topological polar surface area (TPSA) is 88.4 Å². The maximum atomic E-state index is 12.7. The molecule has 0 radical (unpaired) electrons. The Kier molecular flexibility index (Phi) is 5.44. The summed E-state index contributed by atoms with van der Waals surface area (Å²) in [5.41, 5.74) is 0.680. The van der Waals surface area contributed by atoms with Crippen molar-refractivity contribution in [2.24, 2.45) is 0 Å². The molecule has 4 rings (SSSR count). The fourth-order valence-corrected chi connectivity index (χ4v) is 5.40. The molecule has 1 saturated heterocycles. The lowest BCUT2D eigenvalue weighted by Gasteiger charge is -2.33. The van der Waals surface area contributed by atoms with Crippen LogP contribution < -0.4 is 0 Å². The number of rotatable bonds is 4. The van der Waals surface area contributed by atoms with E-state index < -0.39 is 15.3 Å². The van der Waals surface area contributed by atoms with Crippen LogP contribution in [-0.2, 0) is 23.1 Å². The minimum absolute atomic E-state index is 0.00796. The Morgan fingerprint density at radius 3 is 2.38 bits per heavy atom. The number of amides is 1. The second-order valence-electron chi connectivity index (χ2n) is 7.99. The van der Waals surface area contributed by atoms with Crippen LogP contribution in [0.2, 0.25) is 0 Å². The Labute approximate surface area is 171 Å². The number of nitrogens with zero attached hydrogens (tertiary/aromatic N) is 5. The van der Waals surface area contributed by atoms with Gasteiger partial charge < -0.3 is 9.47 Å². The number of benzene rings is 1. The summed E-state index contributed by atoms with van der Waals surface area (Å²) in [5.74, 6) is 1.93. The van der Waals surface area contributed by atoms with Crippen molar-refractivity contribution in [2.75, 3.05) is 19.6 Å². The molecule has 0 aliphatic carbocycles. The molecule has 1 aromatic carbocycles. The number of fused-ring (bicyclic) bond motifs is 1. The van der Waals surface area contributed by atoms with Gasteiger partial charge in [-0.2, -0.15) is 0 Å². The van der Waals surface area contributed by atoms with Crippen molar-refractivity contribution in [1.29, 1.82) is 0 Å². The zero-order chi connectivity index (χ0) is 20.6. The molecule has 0 unspecified atom stereocenters. The van der Waals surface area contributed by atoms with Crippen LogP contribution in [-0.4, -0.2) is 63.2 Å². The Morgan fingerprint density at radius 2 is 1.72 bits per heavy atom. The first kappa shape index (κ1) is 20.0. The number of aromatic nitrogens is 3. The second-order valence-corrected chi connectivity index (χ2v) is 10.5. The van der Waals surface area contributed by atoms with Crippen LogP contribution >= 0.6 is 0 Å². The quantitative estimate of drug-likeness (QED) is 0.758. The average Bonchev–Trinajstić information content (AvgIpc) is 3.17. The van der Waals surface area contributed by atoms with Crippen molar-refractivity contribution < 1.29 is 13.2 Å². The summed E-state index contributed by atoms with van der Waals surface area (Å²) >= 11 is 0. The molecule has 3 heterocycles. The first-order valence-electron chi connectivity index (χ1n) is 10.1. The number of sulfonamides is 1.